The first-order valence-electron chi connectivity index (χ1n) is 9.95. The molecule has 0 amide bonds. The molecule has 3 heterocycles. The molecular weight excluding hydrogens is 388 g/mol. The second-order valence-electron chi connectivity index (χ2n) is 7.42. The number of hydrogen-bond donors (Lipinski definition) is 2. The highest BCUT2D eigenvalue weighted by Crippen LogP contribution is 2.21. The molecule has 30 heavy (non-hydrogen) atoms. The lowest BCUT2D eigenvalue weighted by Crippen LogP contribution is -2.45. The standard InChI is InChI=1S/C20H26N6O4/c1-23-17-16(18(28)24(2)20(23)29)26(19(22-17)25-10-8-21-9-11-25)12-14(27)13-30-15-6-4-3-5-7-15/h3-7,14,21,27H,8-13H2,1-2H3/t14-/m1/s1. The van der Waals surface area contributed by atoms with Crippen molar-refractivity contribution in [3.8, 4) is 5.75 Å². The van der Waals surface area contributed by atoms with Crippen LogP contribution in [0.5, 0.6) is 5.75 Å². The summed E-state index contributed by atoms with van der Waals surface area (Å²) in [6.07, 6.45) is -0.869. The summed E-state index contributed by atoms with van der Waals surface area (Å²) < 4.78 is 9.81. The van der Waals surface area contributed by atoms with Gasteiger partial charge in [-0.2, -0.15) is 4.98 Å². The molecule has 1 aliphatic rings. The lowest BCUT2D eigenvalue weighted by molar-refractivity contribution is 0.0936. The minimum atomic E-state index is -0.869. The number of piperazine rings is 1. The molecule has 1 fully saturated rings. The van der Waals surface area contributed by atoms with E-state index in [0.717, 1.165) is 17.7 Å². The highest BCUT2D eigenvalue weighted by Gasteiger charge is 2.25. The minimum Gasteiger partial charge on any atom is -0.491 e. The van der Waals surface area contributed by atoms with E-state index in [4.69, 9.17) is 4.74 Å². The van der Waals surface area contributed by atoms with Gasteiger partial charge in [0.1, 0.15) is 18.5 Å². The van der Waals surface area contributed by atoms with Gasteiger partial charge >= 0.3 is 5.69 Å². The van der Waals surface area contributed by atoms with Gasteiger partial charge in [-0.3, -0.25) is 13.9 Å². The zero-order valence-electron chi connectivity index (χ0n) is 17.1. The first-order valence-corrected chi connectivity index (χ1v) is 9.95. The monoisotopic (exact) mass is 414 g/mol. The predicted molar refractivity (Wildman–Crippen MR) is 113 cm³/mol. The van der Waals surface area contributed by atoms with Gasteiger partial charge in [-0.15, -0.1) is 0 Å². The fourth-order valence-corrected chi connectivity index (χ4v) is 3.69. The van der Waals surface area contributed by atoms with Gasteiger partial charge in [0.25, 0.3) is 5.56 Å². The summed E-state index contributed by atoms with van der Waals surface area (Å²) in [5.41, 5.74) is -0.255. The van der Waals surface area contributed by atoms with Crippen LogP contribution in [0.15, 0.2) is 39.9 Å². The molecule has 2 N–H and O–H groups in total. The van der Waals surface area contributed by atoms with Crippen molar-refractivity contribution in [3.63, 3.8) is 0 Å². The van der Waals surface area contributed by atoms with Gasteiger partial charge in [-0.05, 0) is 12.1 Å². The Bertz CT molecular complexity index is 1140. The van der Waals surface area contributed by atoms with Crippen molar-refractivity contribution in [1.82, 2.24) is 24.0 Å². The summed E-state index contributed by atoms with van der Waals surface area (Å²) in [6.45, 7) is 3.20. The van der Waals surface area contributed by atoms with Gasteiger partial charge < -0.3 is 24.6 Å². The Balaban J connectivity index is 1.72. The van der Waals surface area contributed by atoms with Crippen molar-refractivity contribution in [3.05, 3.63) is 51.2 Å². The number of fused-ring (bicyclic) bond motifs is 1. The molecule has 3 aromatic rings. The summed E-state index contributed by atoms with van der Waals surface area (Å²) in [4.78, 5) is 32.0. The average molecular weight is 414 g/mol. The zero-order valence-corrected chi connectivity index (χ0v) is 17.1. The Kier molecular flexibility index (Phi) is 5.60. The number of nitrogens with one attached hydrogen (secondary N) is 1. The van der Waals surface area contributed by atoms with Crippen molar-refractivity contribution < 1.29 is 9.84 Å². The van der Waals surface area contributed by atoms with Gasteiger partial charge in [-0.25, -0.2) is 4.79 Å². The summed E-state index contributed by atoms with van der Waals surface area (Å²) in [5.74, 6) is 1.23. The lowest BCUT2D eigenvalue weighted by Gasteiger charge is -2.29. The Morgan fingerprint density at radius 1 is 1.13 bits per heavy atom. The number of aliphatic hydroxyl groups is 1. The predicted octanol–water partition coefficient (Wildman–Crippen LogP) is -0.717. The topological polar surface area (TPSA) is 107 Å². The second kappa shape index (κ2) is 8.33. The third-order valence-corrected chi connectivity index (χ3v) is 5.31. The molecule has 4 rings (SSSR count). The van der Waals surface area contributed by atoms with E-state index in [9.17, 15) is 14.7 Å². The van der Waals surface area contributed by atoms with E-state index in [1.807, 2.05) is 30.3 Å². The van der Waals surface area contributed by atoms with E-state index in [1.54, 1.807) is 11.6 Å². The Morgan fingerprint density at radius 3 is 2.53 bits per heavy atom. The molecule has 0 spiro atoms. The number of aliphatic hydroxyl groups excluding tert-OH is 1. The SMILES string of the molecule is Cn1c(=O)c2c(nc(N3CCNCC3)n2C[C@@H](O)COc2ccccc2)n(C)c1=O. The highest BCUT2D eigenvalue weighted by atomic mass is 16.5. The summed E-state index contributed by atoms with van der Waals surface area (Å²) >= 11 is 0. The third kappa shape index (κ3) is 3.71. The van der Waals surface area contributed by atoms with Gasteiger partial charge in [0, 0.05) is 40.3 Å². The Hall–Kier alpha value is -3.11. The van der Waals surface area contributed by atoms with Crippen molar-refractivity contribution in [2.24, 2.45) is 14.1 Å². The maximum Gasteiger partial charge on any atom is 0.332 e. The zero-order chi connectivity index (χ0) is 21.3. The Labute approximate surface area is 172 Å². The molecule has 0 unspecified atom stereocenters. The van der Waals surface area contributed by atoms with E-state index >= 15 is 0 Å². The van der Waals surface area contributed by atoms with Crippen LogP contribution in [0.2, 0.25) is 0 Å². The normalized spacial score (nSPS) is 15.5. The first-order chi connectivity index (χ1) is 14.5. The highest BCUT2D eigenvalue weighted by molar-refractivity contribution is 5.74. The van der Waals surface area contributed by atoms with Crippen LogP contribution in [0.25, 0.3) is 11.2 Å². The molecule has 0 aliphatic carbocycles. The summed E-state index contributed by atoms with van der Waals surface area (Å²) in [6, 6.07) is 9.24. The molecule has 0 saturated carbocycles. The molecule has 1 aromatic carbocycles. The number of para-hydroxylation sites is 1. The van der Waals surface area contributed by atoms with Gasteiger partial charge in [0.2, 0.25) is 5.95 Å². The molecule has 1 aliphatic heterocycles. The van der Waals surface area contributed by atoms with E-state index < -0.39 is 17.4 Å². The first kappa shape index (κ1) is 20.2. The smallest absolute Gasteiger partial charge is 0.332 e. The number of rotatable bonds is 6. The van der Waals surface area contributed by atoms with Crippen LogP contribution in [-0.4, -0.2) is 62.7 Å². The number of benzene rings is 1. The molecule has 1 atom stereocenters. The maximum atomic E-state index is 12.9. The van der Waals surface area contributed by atoms with E-state index in [2.05, 4.69) is 15.2 Å². The van der Waals surface area contributed by atoms with Crippen molar-refractivity contribution in [1.29, 1.82) is 0 Å². The van der Waals surface area contributed by atoms with Crippen molar-refractivity contribution >= 4 is 17.1 Å². The van der Waals surface area contributed by atoms with Gasteiger partial charge in [0.15, 0.2) is 11.2 Å². The van der Waals surface area contributed by atoms with Crippen LogP contribution in [0.4, 0.5) is 5.95 Å². The molecule has 2 aromatic heterocycles. The average Bonchev–Trinajstić information content (AvgIpc) is 3.15. The van der Waals surface area contributed by atoms with Crippen LogP contribution in [0.3, 0.4) is 0 Å². The third-order valence-electron chi connectivity index (χ3n) is 5.31. The van der Waals surface area contributed by atoms with E-state index in [-0.39, 0.29) is 13.2 Å². The number of ether oxygens (including phenoxy) is 1. The number of nitrogens with zero attached hydrogens (tertiary/aromatic N) is 5. The molecule has 0 radical (unpaired) electrons. The number of aryl methyl sites for hydroxylation is 1. The number of anilines is 1. The van der Waals surface area contributed by atoms with Crippen molar-refractivity contribution in [2.45, 2.75) is 12.6 Å². The molecule has 1 saturated heterocycles. The Morgan fingerprint density at radius 2 is 1.83 bits per heavy atom. The number of aromatic nitrogens is 4. The second-order valence-corrected chi connectivity index (χ2v) is 7.42. The quantitative estimate of drug-likeness (QED) is 0.548. The van der Waals surface area contributed by atoms with Crippen LogP contribution in [-0.2, 0) is 20.6 Å². The van der Waals surface area contributed by atoms with Crippen LogP contribution >= 0.6 is 0 Å². The fraction of sp³-hybridized carbons (Fsp3) is 0.450. The number of hydrogen-bond acceptors (Lipinski definition) is 7. The van der Waals surface area contributed by atoms with Gasteiger partial charge in [0.05, 0.1) is 6.54 Å². The molecule has 10 heteroatoms. The van der Waals surface area contributed by atoms with Gasteiger partial charge in [-0.1, -0.05) is 18.2 Å². The van der Waals surface area contributed by atoms with Crippen LogP contribution in [0, 0.1) is 0 Å². The molecule has 160 valence electrons. The summed E-state index contributed by atoms with van der Waals surface area (Å²) in [5, 5.41) is 14.0. The van der Waals surface area contributed by atoms with Crippen molar-refractivity contribution in [2.75, 3.05) is 37.7 Å². The van der Waals surface area contributed by atoms with Crippen LogP contribution < -0.4 is 26.2 Å². The lowest BCUT2D eigenvalue weighted by atomic mass is 10.3. The largest absolute Gasteiger partial charge is 0.491 e. The van der Waals surface area contributed by atoms with E-state index in [1.165, 1.54) is 11.6 Å². The number of imidazole rings is 1. The maximum absolute atomic E-state index is 12.9. The molecule has 0 bridgehead atoms. The van der Waals surface area contributed by atoms with Crippen LogP contribution in [0.1, 0.15) is 0 Å². The summed E-state index contributed by atoms with van der Waals surface area (Å²) in [7, 11) is 3.04. The molecular formula is C20H26N6O4. The molecule has 10 nitrogen and oxygen atoms in total. The minimum absolute atomic E-state index is 0.0662. The van der Waals surface area contributed by atoms with E-state index in [0.29, 0.717) is 36.0 Å². The fourth-order valence-electron chi connectivity index (χ4n) is 3.69.